The van der Waals surface area contributed by atoms with Gasteiger partial charge in [-0.05, 0) is 51.2 Å². The Morgan fingerprint density at radius 3 is 2.28 bits per heavy atom. The number of likely N-dealkylation sites (tertiary alicyclic amines) is 1. The minimum absolute atomic E-state index is 0.0103. The maximum Gasteiger partial charge on any atom is 0.227 e. The van der Waals surface area contributed by atoms with E-state index in [1.165, 1.54) is 24.8 Å². The van der Waals surface area contributed by atoms with Gasteiger partial charge < -0.3 is 10.2 Å². The van der Waals surface area contributed by atoms with Crippen LogP contribution in [-0.2, 0) is 9.59 Å². The van der Waals surface area contributed by atoms with Crippen LogP contribution < -0.4 is 5.32 Å². The topological polar surface area (TPSA) is 49.4 Å². The van der Waals surface area contributed by atoms with Gasteiger partial charge in [-0.15, -0.1) is 0 Å². The fourth-order valence-electron chi connectivity index (χ4n) is 4.16. The van der Waals surface area contributed by atoms with Crippen molar-refractivity contribution in [3.8, 4) is 0 Å². The highest BCUT2D eigenvalue weighted by molar-refractivity contribution is 5.93. The van der Waals surface area contributed by atoms with E-state index in [0.717, 1.165) is 50.0 Å². The summed E-state index contributed by atoms with van der Waals surface area (Å²) in [6.07, 6.45) is 7.28. The average Bonchev–Trinajstić information content (AvgIpc) is 2.64. The van der Waals surface area contributed by atoms with Gasteiger partial charge >= 0.3 is 0 Å². The van der Waals surface area contributed by atoms with Crippen molar-refractivity contribution in [2.45, 2.75) is 58.8 Å². The molecule has 2 amide bonds. The third-order valence-corrected chi connectivity index (χ3v) is 5.77. The number of rotatable bonds is 3. The largest absolute Gasteiger partial charge is 0.342 e. The van der Waals surface area contributed by atoms with Crippen molar-refractivity contribution >= 4 is 17.5 Å². The number of piperidine rings is 1. The predicted octanol–water partition coefficient (Wildman–Crippen LogP) is 4.06. The quantitative estimate of drug-likeness (QED) is 0.900. The first-order valence-corrected chi connectivity index (χ1v) is 9.71. The number of carbonyl (C=O) groups is 2. The van der Waals surface area contributed by atoms with Crippen LogP contribution >= 0.6 is 0 Å². The predicted molar refractivity (Wildman–Crippen MR) is 100 cm³/mol. The molecule has 0 atom stereocenters. The molecule has 0 spiro atoms. The standard InChI is InChI=1S/C21H30N2O2/c1-15-8-9-19(16(2)14-15)22-20(24)17-10-12-23(13-11-17)21(25)18-6-4-3-5-7-18/h8-9,14,17-18H,3-7,10-13H2,1-2H3,(H,22,24). The normalized spacial score (nSPS) is 19.7. The summed E-state index contributed by atoms with van der Waals surface area (Å²) in [6, 6.07) is 6.08. The highest BCUT2D eigenvalue weighted by Gasteiger charge is 2.31. The second-order valence-corrected chi connectivity index (χ2v) is 7.74. The van der Waals surface area contributed by atoms with Crippen molar-refractivity contribution in [2.75, 3.05) is 18.4 Å². The average molecular weight is 342 g/mol. The molecule has 3 rings (SSSR count). The Morgan fingerprint density at radius 2 is 1.64 bits per heavy atom. The van der Waals surface area contributed by atoms with Gasteiger partial charge in [0.1, 0.15) is 0 Å². The summed E-state index contributed by atoms with van der Waals surface area (Å²) in [5, 5.41) is 3.07. The van der Waals surface area contributed by atoms with Crippen molar-refractivity contribution in [3.05, 3.63) is 29.3 Å². The summed E-state index contributed by atoms with van der Waals surface area (Å²) >= 11 is 0. The summed E-state index contributed by atoms with van der Waals surface area (Å²) < 4.78 is 0. The van der Waals surface area contributed by atoms with Gasteiger partial charge in [0.25, 0.3) is 0 Å². The monoisotopic (exact) mass is 342 g/mol. The molecule has 2 fully saturated rings. The van der Waals surface area contributed by atoms with Crippen LogP contribution in [0, 0.1) is 25.7 Å². The Labute approximate surface area is 151 Å². The molecule has 0 unspecified atom stereocenters. The molecule has 1 N–H and O–H groups in total. The molecule has 4 heteroatoms. The number of hydrogen-bond donors (Lipinski definition) is 1. The molecule has 25 heavy (non-hydrogen) atoms. The molecular weight excluding hydrogens is 312 g/mol. The summed E-state index contributed by atoms with van der Waals surface area (Å²) in [5.41, 5.74) is 3.19. The SMILES string of the molecule is Cc1ccc(NC(=O)C2CCN(C(=O)C3CCCCC3)CC2)c(C)c1. The van der Waals surface area contributed by atoms with E-state index in [-0.39, 0.29) is 17.7 Å². The maximum absolute atomic E-state index is 12.6. The Bertz CT molecular complexity index is 627. The molecule has 1 saturated heterocycles. The van der Waals surface area contributed by atoms with E-state index in [9.17, 15) is 9.59 Å². The molecule has 0 bridgehead atoms. The maximum atomic E-state index is 12.6. The second kappa shape index (κ2) is 8.03. The zero-order valence-corrected chi connectivity index (χ0v) is 15.5. The van der Waals surface area contributed by atoms with Crippen LogP contribution in [0.5, 0.6) is 0 Å². The molecule has 1 heterocycles. The lowest BCUT2D eigenvalue weighted by molar-refractivity contribution is -0.139. The summed E-state index contributed by atoms with van der Waals surface area (Å²) in [7, 11) is 0. The zero-order valence-electron chi connectivity index (χ0n) is 15.5. The summed E-state index contributed by atoms with van der Waals surface area (Å²) in [4.78, 5) is 27.2. The van der Waals surface area contributed by atoms with Crippen LogP contribution in [-0.4, -0.2) is 29.8 Å². The van der Waals surface area contributed by atoms with Gasteiger partial charge in [0, 0.05) is 30.6 Å². The minimum Gasteiger partial charge on any atom is -0.342 e. The molecule has 1 aliphatic carbocycles. The lowest BCUT2D eigenvalue weighted by Crippen LogP contribution is -2.44. The van der Waals surface area contributed by atoms with Crippen LogP contribution in [0.25, 0.3) is 0 Å². The molecule has 0 radical (unpaired) electrons. The van der Waals surface area contributed by atoms with E-state index in [2.05, 4.69) is 18.3 Å². The molecular formula is C21H30N2O2. The van der Waals surface area contributed by atoms with Crippen molar-refractivity contribution in [1.29, 1.82) is 0 Å². The van der Waals surface area contributed by atoms with Crippen LogP contribution in [0.1, 0.15) is 56.1 Å². The molecule has 1 aliphatic heterocycles. The molecule has 1 aromatic carbocycles. The van der Waals surface area contributed by atoms with Gasteiger partial charge in [0.05, 0.1) is 0 Å². The van der Waals surface area contributed by atoms with E-state index in [0.29, 0.717) is 5.91 Å². The van der Waals surface area contributed by atoms with Crippen molar-refractivity contribution in [3.63, 3.8) is 0 Å². The number of carbonyl (C=O) groups excluding carboxylic acids is 2. The lowest BCUT2D eigenvalue weighted by atomic mass is 9.87. The third kappa shape index (κ3) is 4.42. The van der Waals surface area contributed by atoms with Crippen molar-refractivity contribution < 1.29 is 9.59 Å². The van der Waals surface area contributed by atoms with E-state index >= 15 is 0 Å². The molecule has 4 nitrogen and oxygen atoms in total. The first-order valence-electron chi connectivity index (χ1n) is 9.71. The molecule has 0 aromatic heterocycles. The summed E-state index contributed by atoms with van der Waals surface area (Å²) in [6.45, 7) is 5.52. The van der Waals surface area contributed by atoms with E-state index < -0.39 is 0 Å². The van der Waals surface area contributed by atoms with Gasteiger partial charge in [-0.1, -0.05) is 37.0 Å². The number of hydrogen-bond acceptors (Lipinski definition) is 2. The van der Waals surface area contributed by atoms with E-state index in [1.807, 2.05) is 24.0 Å². The molecule has 136 valence electrons. The van der Waals surface area contributed by atoms with Crippen LogP contribution in [0.15, 0.2) is 18.2 Å². The summed E-state index contributed by atoms with van der Waals surface area (Å²) in [5.74, 6) is 0.662. The van der Waals surface area contributed by atoms with E-state index in [1.54, 1.807) is 0 Å². The number of benzene rings is 1. The number of amides is 2. The lowest BCUT2D eigenvalue weighted by Gasteiger charge is -2.34. The van der Waals surface area contributed by atoms with Crippen LogP contribution in [0.3, 0.4) is 0 Å². The first-order chi connectivity index (χ1) is 12.0. The number of nitrogens with one attached hydrogen (secondary N) is 1. The van der Waals surface area contributed by atoms with Gasteiger partial charge in [-0.3, -0.25) is 9.59 Å². The second-order valence-electron chi connectivity index (χ2n) is 7.74. The fourth-order valence-corrected chi connectivity index (χ4v) is 4.16. The Kier molecular flexibility index (Phi) is 5.77. The Morgan fingerprint density at radius 1 is 0.960 bits per heavy atom. The highest BCUT2D eigenvalue weighted by atomic mass is 16.2. The van der Waals surface area contributed by atoms with Gasteiger partial charge in [0.2, 0.25) is 11.8 Å². The Hall–Kier alpha value is -1.84. The Balaban J connectivity index is 1.51. The van der Waals surface area contributed by atoms with E-state index in [4.69, 9.17) is 0 Å². The third-order valence-electron chi connectivity index (χ3n) is 5.77. The molecule has 1 saturated carbocycles. The van der Waals surface area contributed by atoms with Gasteiger partial charge in [-0.25, -0.2) is 0 Å². The van der Waals surface area contributed by atoms with Crippen molar-refractivity contribution in [1.82, 2.24) is 4.90 Å². The highest BCUT2D eigenvalue weighted by Crippen LogP contribution is 2.28. The zero-order chi connectivity index (χ0) is 17.8. The number of nitrogens with zero attached hydrogens (tertiary/aromatic N) is 1. The molecule has 2 aliphatic rings. The number of anilines is 1. The van der Waals surface area contributed by atoms with Gasteiger partial charge in [-0.2, -0.15) is 0 Å². The van der Waals surface area contributed by atoms with Crippen LogP contribution in [0.2, 0.25) is 0 Å². The minimum atomic E-state index is 0.0103. The van der Waals surface area contributed by atoms with Crippen molar-refractivity contribution in [2.24, 2.45) is 11.8 Å². The van der Waals surface area contributed by atoms with Gasteiger partial charge in [0.15, 0.2) is 0 Å². The fraction of sp³-hybridized carbons (Fsp3) is 0.619. The molecule has 1 aromatic rings. The smallest absolute Gasteiger partial charge is 0.227 e. The number of aryl methyl sites for hydroxylation is 2. The van der Waals surface area contributed by atoms with Crippen LogP contribution in [0.4, 0.5) is 5.69 Å². The first kappa shape index (κ1) is 18.0.